The molecule has 1 aliphatic carbocycles. The summed E-state index contributed by atoms with van der Waals surface area (Å²) in [5, 5.41) is 18.0. The van der Waals surface area contributed by atoms with Crippen LogP contribution >= 0.6 is 0 Å². The largest absolute Gasteiger partial charge is 0.396 e. The number of aliphatic hydroxyl groups excluding tert-OH is 2. The molecular weight excluding hydrogens is 352 g/mol. The second-order valence-electron chi connectivity index (χ2n) is 8.18. The number of ketones is 2. The number of unbranched alkanes of at least 4 members (excludes halogenated alkanes) is 7. The van der Waals surface area contributed by atoms with Crippen LogP contribution < -0.4 is 0 Å². The van der Waals surface area contributed by atoms with Crippen molar-refractivity contribution in [1.82, 2.24) is 0 Å². The van der Waals surface area contributed by atoms with E-state index >= 15 is 0 Å². The Balaban J connectivity index is 2.13. The van der Waals surface area contributed by atoms with Crippen molar-refractivity contribution in [3.05, 3.63) is 24.3 Å². The molecule has 1 unspecified atom stereocenters. The summed E-state index contributed by atoms with van der Waals surface area (Å²) in [6.45, 7) is 1.79. The van der Waals surface area contributed by atoms with Crippen LogP contribution in [0.1, 0.15) is 90.4 Å². The van der Waals surface area contributed by atoms with Gasteiger partial charge < -0.3 is 10.2 Å². The average molecular weight is 393 g/mol. The molecule has 0 saturated carbocycles. The lowest BCUT2D eigenvalue weighted by Crippen LogP contribution is -2.14. The normalized spacial score (nSPS) is 20.3. The zero-order valence-electron chi connectivity index (χ0n) is 17.7. The molecular formula is C24H40O4. The molecule has 0 aromatic carbocycles. The quantitative estimate of drug-likeness (QED) is 0.272. The third-order valence-electron chi connectivity index (χ3n) is 5.53. The number of hydrogen-bond acceptors (Lipinski definition) is 4. The zero-order valence-corrected chi connectivity index (χ0v) is 17.7. The topological polar surface area (TPSA) is 74.6 Å². The van der Waals surface area contributed by atoms with Crippen LogP contribution in [0.2, 0.25) is 0 Å². The van der Waals surface area contributed by atoms with Gasteiger partial charge in [0, 0.05) is 31.3 Å². The Labute approximate surface area is 171 Å². The molecule has 4 nitrogen and oxygen atoms in total. The first-order chi connectivity index (χ1) is 13.5. The van der Waals surface area contributed by atoms with Gasteiger partial charge in [-0.25, -0.2) is 0 Å². The summed E-state index contributed by atoms with van der Waals surface area (Å²) in [6, 6.07) is 0. The highest BCUT2D eigenvalue weighted by molar-refractivity contribution is 5.94. The van der Waals surface area contributed by atoms with Crippen molar-refractivity contribution >= 4 is 11.6 Å². The number of hydrogen-bond donors (Lipinski definition) is 2. The van der Waals surface area contributed by atoms with Crippen LogP contribution in [0.15, 0.2) is 24.3 Å². The van der Waals surface area contributed by atoms with E-state index in [0.29, 0.717) is 6.42 Å². The minimum absolute atomic E-state index is 0.0481. The molecule has 0 aromatic heterocycles. The Hall–Kier alpha value is -1.26. The predicted molar refractivity (Wildman–Crippen MR) is 114 cm³/mol. The molecule has 3 atom stereocenters. The third-order valence-corrected chi connectivity index (χ3v) is 5.53. The van der Waals surface area contributed by atoms with Crippen molar-refractivity contribution in [1.29, 1.82) is 0 Å². The van der Waals surface area contributed by atoms with Gasteiger partial charge in [-0.2, -0.15) is 0 Å². The van der Waals surface area contributed by atoms with Crippen molar-refractivity contribution in [2.75, 3.05) is 6.61 Å². The first-order valence-electron chi connectivity index (χ1n) is 11.2. The van der Waals surface area contributed by atoms with Gasteiger partial charge in [-0.3, -0.25) is 9.59 Å². The first kappa shape index (κ1) is 24.8. The molecule has 0 amide bonds. The van der Waals surface area contributed by atoms with Gasteiger partial charge in [-0.1, -0.05) is 56.8 Å². The molecule has 1 rings (SSSR count). The molecule has 4 heteroatoms. The molecule has 0 aromatic rings. The Kier molecular flexibility index (Phi) is 13.8. The summed E-state index contributed by atoms with van der Waals surface area (Å²) in [6.07, 6.45) is 20.4. The summed E-state index contributed by atoms with van der Waals surface area (Å²) in [5.74, 6) is 0.740. The molecule has 0 radical (unpaired) electrons. The molecule has 160 valence electrons. The van der Waals surface area contributed by atoms with Gasteiger partial charge >= 0.3 is 0 Å². The summed E-state index contributed by atoms with van der Waals surface area (Å²) >= 11 is 0. The monoisotopic (exact) mass is 392 g/mol. The van der Waals surface area contributed by atoms with Gasteiger partial charge in [-0.05, 0) is 45.1 Å². The van der Waals surface area contributed by atoms with E-state index in [1.165, 1.54) is 19.3 Å². The van der Waals surface area contributed by atoms with Gasteiger partial charge in [0.2, 0.25) is 0 Å². The molecule has 0 saturated heterocycles. The third kappa shape index (κ3) is 11.6. The second kappa shape index (κ2) is 15.6. The maximum atomic E-state index is 12.1. The predicted octanol–water partition coefficient (Wildman–Crippen LogP) is 4.93. The van der Waals surface area contributed by atoms with Gasteiger partial charge in [0.1, 0.15) is 5.78 Å². The number of carbonyl (C=O) groups is 2. The van der Waals surface area contributed by atoms with Gasteiger partial charge in [0.15, 0.2) is 5.78 Å². The average Bonchev–Trinajstić information content (AvgIpc) is 3.00. The van der Waals surface area contributed by atoms with Crippen molar-refractivity contribution < 1.29 is 19.8 Å². The lowest BCUT2D eigenvalue weighted by Gasteiger charge is -2.14. The molecule has 0 bridgehead atoms. The molecule has 0 heterocycles. The smallest absolute Gasteiger partial charge is 0.159 e. The van der Waals surface area contributed by atoms with E-state index < -0.39 is 0 Å². The van der Waals surface area contributed by atoms with Crippen LogP contribution in [-0.2, 0) is 9.59 Å². The van der Waals surface area contributed by atoms with Crippen molar-refractivity contribution in [3.8, 4) is 0 Å². The number of carbonyl (C=O) groups excluding carboxylic acids is 2. The van der Waals surface area contributed by atoms with Gasteiger partial charge in [-0.15, -0.1) is 0 Å². The fourth-order valence-corrected chi connectivity index (χ4v) is 3.78. The van der Waals surface area contributed by atoms with Gasteiger partial charge in [0.05, 0.1) is 6.10 Å². The van der Waals surface area contributed by atoms with Crippen molar-refractivity contribution in [2.45, 2.75) is 96.5 Å². The summed E-state index contributed by atoms with van der Waals surface area (Å²) in [5.41, 5.74) is 0. The first-order valence-corrected chi connectivity index (χ1v) is 11.2. The van der Waals surface area contributed by atoms with Crippen molar-refractivity contribution in [3.63, 3.8) is 0 Å². The van der Waals surface area contributed by atoms with E-state index in [0.717, 1.165) is 51.4 Å². The Morgan fingerprint density at radius 1 is 1.07 bits per heavy atom. The van der Waals surface area contributed by atoms with E-state index in [4.69, 9.17) is 5.11 Å². The van der Waals surface area contributed by atoms with Crippen LogP contribution in [-0.4, -0.2) is 34.5 Å². The summed E-state index contributed by atoms with van der Waals surface area (Å²) < 4.78 is 0. The summed E-state index contributed by atoms with van der Waals surface area (Å²) in [4.78, 5) is 23.5. The summed E-state index contributed by atoms with van der Waals surface area (Å²) in [7, 11) is 0. The molecule has 0 aliphatic heterocycles. The fourth-order valence-electron chi connectivity index (χ4n) is 3.78. The molecule has 2 N–H and O–H groups in total. The number of rotatable bonds is 17. The number of Topliss-reactive ketones (excluding diaryl/α,β-unsaturated/α-hetero) is 1. The number of allylic oxidation sites excluding steroid dienone is 4. The Morgan fingerprint density at radius 3 is 2.54 bits per heavy atom. The highest BCUT2D eigenvalue weighted by atomic mass is 16.3. The Morgan fingerprint density at radius 2 is 1.79 bits per heavy atom. The highest BCUT2D eigenvalue weighted by Gasteiger charge is 2.27. The maximum Gasteiger partial charge on any atom is 0.159 e. The SMILES string of the molecule is CC(O)CCCCCCC=C[C@H]1C=CC(=O)[C@@H]1CCCCCCC(=O)CCO. The second-order valence-corrected chi connectivity index (χ2v) is 8.18. The lowest BCUT2D eigenvalue weighted by molar-refractivity contribution is -0.120. The molecule has 1 aliphatic rings. The van der Waals surface area contributed by atoms with Crippen LogP contribution in [0.25, 0.3) is 0 Å². The standard InChI is InChI=1S/C24H40O4/c1-20(26)12-8-4-2-3-5-9-13-21-16-17-24(28)23(21)15-11-7-6-10-14-22(27)18-19-25/h9,13,16-17,20-21,23,25-26H,2-8,10-12,14-15,18-19H2,1H3/t20?,21-,23+/m0/s1. The van der Waals surface area contributed by atoms with Crippen LogP contribution in [0.4, 0.5) is 0 Å². The van der Waals surface area contributed by atoms with E-state index in [-0.39, 0.29) is 42.5 Å². The van der Waals surface area contributed by atoms with E-state index in [1.54, 1.807) is 6.08 Å². The molecule has 0 fully saturated rings. The van der Waals surface area contributed by atoms with Crippen LogP contribution in [0.3, 0.4) is 0 Å². The van der Waals surface area contributed by atoms with E-state index in [1.807, 2.05) is 13.0 Å². The minimum Gasteiger partial charge on any atom is -0.396 e. The maximum absolute atomic E-state index is 12.1. The van der Waals surface area contributed by atoms with E-state index in [9.17, 15) is 14.7 Å². The highest BCUT2D eigenvalue weighted by Crippen LogP contribution is 2.29. The fraction of sp³-hybridized carbons (Fsp3) is 0.750. The molecule has 0 spiro atoms. The lowest BCUT2D eigenvalue weighted by atomic mass is 9.88. The molecule has 28 heavy (non-hydrogen) atoms. The zero-order chi connectivity index (χ0) is 20.6. The van der Waals surface area contributed by atoms with Crippen LogP contribution in [0, 0.1) is 11.8 Å². The Bertz CT molecular complexity index is 493. The van der Waals surface area contributed by atoms with Crippen LogP contribution in [0.5, 0.6) is 0 Å². The minimum atomic E-state index is -0.183. The van der Waals surface area contributed by atoms with E-state index in [2.05, 4.69) is 12.2 Å². The van der Waals surface area contributed by atoms with Gasteiger partial charge in [0.25, 0.3) is 0 Å². The number of aliphatic hydroxyl groups is 2. The van der Waals surface area contributed by atoms with Crippen molar-refractivity contribution in [2.24, 2.45) is 11.8 Å².